The van der Waals surface area contributed by atoms with E-state index in [2.05, 4.69) is 30.7 Å². The molecule has 1 unspecified atom stereocenters. The Morgan fingerprint density at radius 1 is 0.590 bits per heavy atom. The third-order valence-electron chi connectivity index (χ3n) is 10.5. The van der Waals surface area contributed by atoms with Gasteiger partial charge in [-0.15, -0.1) is 0 Å². The third kappa shape index (κ3) is 13.6. The fraction of sp³-hybridized carbons (Fsp3) is 0.298. The van der Waals surface area contributed by atoms with E-state index in [1.807, 2.05) is 97.1 Å². The van der Waals surface area contributed by atoms with Crippen LogP contribution in [-0.4, -0.2) is 72.5 Å². The number of ether oxygens (including phenoxy) is 1. The number of carboxylic acids is 1. The van der Waals surface area contributed by atoms with Gasteiger partial charge in [0, 0.05) is 19.3 Å². The summed E-state index contributed by atoms with van der Waals surface area (Å²) in [7, 11) is 3.74. The molecule has 4 amide bonds. The monoisotopic (exact) mass is 847 g/mol. The number of hydrogen-bond acceptors (Lipinski definition) is 8. The molecule has 0 heterocycles. The van der Waals surface area contributed by atoms with Crippen molar-refractivity contribution < 1.29 is 38.3 Å². The zero-order valence-corrected chi connectivity index (χ0v) is 35.5. The van der Waals surface area contributed by atoms with E-state index >= 15 is 0 Å². The van der Waals surface area contributed by atoms with Gasteiger partial charge in [0.05, 0.1) is 22.5 Å². The van der Waals surface area contributed by atoms with E-state index in [1.165, 1.54) is 0 Å². The lowest BCUT2D eigenvalue weighted by molar-refractivity contribution is -0.142. The van der Waals surface area contributed by atoms with Crippen LogP contribution in [0.4, 0.5) is 0 Å². The van der Waals surface area contributed by atoms with Crippen LogP contribution in [0.15, 0.2) is 121 Å². The molecule has 14 heteroatoms. The minimum atomic E-state index is -1.30. The van der Waals surface area contributed by atoms with E-state index in [0.29, 0.717) is 30.7 Å². The number of unbranched alkanes of at least 4 members (excludes halogenated alkanes) is 1. The van der Waals surface area contributed by atoms with Gasteiger partial charge in [-0.2, -0.15) is 0 Å². The van der Waals surface area contributed by atoms with Gasteiger partial charge in [-0.1, -0.05) is 97.1 Å². The molecule has 6 atom stereocenters. The molecule has 0 radical (unpaired) electrons. The fourth-order valence-electron chi connectivity index (χ4n) is 6.92. The summed E-state index contributed by atoms with van der Waals surface area (Å²) in [5.41, 5.74) is 8.68. The maximum Gasteiger partial charge on any atom is 0.326 e. The van der Waals surface area contributed by atoms with Crippen molar-refractivity contribution in [3.05, 3.63) is 144 Å². The van der Waals surface area contributed by atoms with Gasteiger partial charge in [0.25, 0.3) is 0 Å². The molecule has 0 saturated heterocycles. The molecule has 61 heavy (non-hydrogen) atoms. The summed E-state index contributed by atoms with van der Waals surface area (Å²) in [6.07, 6.45) is 1.37. The van der Waals surface area contributed by atoms with Gasteiger partial charge in [0.2, 0.25) is 23.6 Å². The van der Waals surface area contributed by atoms with E-state index in [-0.39, 0.29) is 31.6 Å². The van der Waals surface area contributed by atoms with Crippen LogP contribution in [0.25, 0.3) is 10.8 Å². The third-order valence-corrected chi connectivity index (χ3v) is 10.8. The molecule has 0 aliphatic carbocycles. The number of methoxy groups -OCH3 is 1. The molecule has 5 rings (SSSR count). The Labute approximate surface area is 358 Å². The maximum atomic E-state index is 14.4. The first kappa shape index (κ1) is 45.8. The molecule has 0 fully saturated rings. The molecule has 0 bridgehead atoms. The average molecular weight is 848 g/mol. The number of nitrogens with two attached hydrogens (primary N) is 1. The smallest absolute Gasteiger partial charge is 0.326 e. The lowest BCUT2D eigenvalue weighted by Crippen LogP contribution is -2.58. The Hall–Kier alpha value is -6.30. The molecule has 5 aromatic carbocycles. The van der Waals surface area contributed by atoms with Crippen molar-refractivity contribution in [1.82, 2.24) is 21.3 Å². The Morgan fingerprint density at radius 2 is 1.07 bits per heavy atom. The summed E-state index contributed by atoms with van der Waals surface area (Å²) in [5.74, 6) is -2.92. The van der Waals surface area contributed by atoms with Gasteiger partial charge in [-0.3, -0.25) is 19.2 Å². The summed E-state index contributed by atoms with van der Waals surface area (Å²) in [6, 6.07) is 31.8. The predicted octanol–water partition coefficient (Wildman–Crippen LogP) is 5.00. The highest BCUT2D eigenvalue weighted by molar-refractivity contribution is 7.10. The Balaban J connectivity index is 1.37. The van der Waals surface area contributed by atoms with Crippen molar-refractivity contribution in [3.63, 3.8) is 0 Å². The Kier molecular flexibility index (Phi) is 17.2. The number of benzene rings is 5. The minimum absolute atomic E-state index is 0.0163. The summed E-state index contributed by atoms with van der Waals surface area (Å²) >= 11 is 0. The van der Waals surface area contributed by atoms with Crippen LogP contribution in [0.3, 0.4) is 0 Å². The highest BCUT2D eigenvalue weighted by Gasteiger charge is 2.32. The molecule has 320 valence electrons. The molecular formula is C47H54N5O8P. The number of rotatable bonds is 22. The lowest BCUT2D eigenvalue weighted by atomic mass is 9.96. The Bertz CT molecular complexity index is 2240. The van der Waals surface area contributed by atoms with Crippen LogP contribution in [0.2, 0.25) is 0 Å². The first-order chi connectivity index (χ1) is 29.5. The van der Waals surface area contributed by atoms with Gasteiger partial charge in [0.15, 0.2) is 0 Å². The quantitative estimate of drug-likeness (QED) is 0.0410. The fourth-order valence-corrected chi connectivity index (χ4v) is 7.08. The van der Waals surface area contributed by atoms with E-state index in [9.17, 15) is 29.1 Å². The van der Waals surface area contributed by atoms with Crippen LogP contribution >= 0.6 is 9.47 Å². The van der Waals surface area contributed by atoms with Crippen molar-refractivity contribution in [2.75, 3.05) is 13.7 Å². The SMILES string of the molecule is COc1ccc2cc([C@H](C)C(=O)N[C@H](Cc3ccccc3)C(=O)N[C@H](Cc3ccccc3)C(=O)N[C@H](CCCCN)C(=O)N[C@H](Cc3ccc(OP)cc3)C(=O)O)ccc2c1. The first-order valence-corrected chi connectivity index (χ1v) is 20.7. The molecule has 0 spiro atoms. The highest BCUT2D eigenvalue weighted by Crippen LogP contribution is 2.26. The van der Waals surface area contributed by atoms with E-state index < -0.39 is 53.8 Å². The molecule has 7 N–H and O–H groups in total. The van der Waals surface area contributed by atoms with E-state index in [0.717, 1.165) is 33.2 Å². The number of nitrogens with one attached hydrogen (secondary N) is 4. The second-order valence-corrected chi connectivity index (χ2v) is 15.1. The zero-order chi connectivity index (χ0) is 43.7. The molecule has 0 aromatic heterocycles. The maximum absolute atomic E-state index is 14.4. The van der Waals surface area contributed by atoms with Crippen molar-refractivity contribution in [1.29, 1.82) is 0 Å². The number of aliphatic carboxylic acids is 1. The van der Waals surface area contributed by atoms with E-state index in [1.54, 1.807) is 38.3 Å². The zero-order valence-electron chi connectivity index (χ0n) is 34.3. The molecule has 0 saturated carbocycles. The second kappa shape index (κ2) is 22.9. The molecule has 13 nitrogen and oxygen atoms in total. The van der Waals surface area contributed by atoms with Crippen LogP contribution in [0, 0.1) is 0 Å². The Morgan fingerprint density at radius 3 is 1.62 bits per heavy atom. The molecule has 0 aliphatic rings. The van der Waals surface area contributed by atoms with Gasteiger partial charge < -0.3 is 41.4 Å². The summed E-state index contributed by atoms with van der Waals surface area (Å²) in [4.78, 5) is 68.7. The van der Waals surface area contributed by atoms with Crippen LogP contribution in [-0.2, 0) is 43.2 Å². The number of fused-ring (bicyclic) bond motifs is 1. The van der Waals surface area contributed by atoms with Gasteiger partial charge in [0.1, 0.15) is 35.7 Å². The number of carboxylic acid groups (broad SMARTS) is 1. The second-order valence-electron chi connectivity index (χ2n) is 14.9. The van der Waals surface area contributed by atoms with Crippen LogP contribution in [0.5, 0.6) is 11.5 Å². The van der Waals surface area contributed by atoms with Crippen molar-refractivity contribution in [2.24, 2.45) is 5.73 Å². The van der Waals surface area contributed by atoms with Crippen molar-refractivity contribution in [3.8, 4) is 11.5 Å². The lowest BCUT2D eigenvalue weighted by Gasteiger charge is -2.27. The molecule has 0 aliphatic heterocycles. The van der Waals surface area contributed by atoms with Crippen LogP contribution in [0.1, 0.15) is 54.4 Å². The largest absolute Gasteiger partial charge is 0.497 e. The summed E-state index contributed by atoms with van der Waals surface area (Å²) < 4.78 is 10.5. The highest BCUT2D eigenvalue weighted by atomic mass is 31.0. The minimum Gasteiger partial charge on any atom is -0.497 e. The number of hydrogen-bond donors (Lipinski definition) is 6. The predicted molar refractivity (Wildman–Crippen MR) is 238 cm³/mol. The standard InChI is InChI=1S/C47H54N5O8P/c1-30(34-18-19-36-29-38(59-2)23-20-35(36)28-34)43(53)50-40(25-31-11-5-3-6-12-31)46(56)51-41(26-32-13-7-4-8-14-32)45(55)49-39(15-9-10-24-48)44(54)52-42(47(57)58)27-33-16-21-37(60-61)22-17-33/h3-8,11-14,16-23,28-30,39-42H,9-10,15,24-27,48,61H2,1-2H3,(H,49,55)(H,50,53)(H,51,56)(H,52,54)(H,57,58)/t30-,39+,40+,41+,42+/m0/s1. The molecule has 5 aromatic rings. The van der Waals surface area contributed by atoms with Gasteiger partial charge >= 0.3 is 5.97 Å². The van der Waals surface area contributed by atoms with E-state index in [4.69, 9.17) is 15.0 Å². The van der Waals surface area contributed by atoms with Crippen molar-refractivity contribution >= 4 is 49.8 Å². The first-order valence-electron chi connectivity index (χ1n) is 20.2. The summed E-state index contributed by atoms with van der Waals surface area (Å²) in [6.45, 7) is 2.12. The molecular weight excluding hydrogens is 794 g/mol. The van der Waals surface area contributed by atoms with Crippen molar-refractivity contribution in [2.45, 2.75) is 75.5 Å². The number of amides is 4. The average Bonchev–Trinajstić information content (AvgIpc) is 3.28. The topological polar surface area (TPSA) is 198 Å². The number of carbonyl (C=O) groups is 5. The van der Waals surface area contributed by atoms with Crippen LogP contribution < -0.4 is 36.3 Å². The number of carbonyl (C=O) groups excluding carboxylic acids is 4. The normalized spacial score (nSPS) is 13.4. The van der Waals surface area contributed by atoms with Gasteiger partial charge in [-0.05, 0) is 90.0 Å². The van der Waals surface area contributed by atoms with Gasteiger partial charge in [-0.25, -0.2) is 4.79 Å². The summed E-state index contributed by atoms with van der Waals surface area (Å²) in [5, 5.41) is 23.2.